The zero-order chi connectivity index (χ0) is 15.4. The maximum Gasteiger partial charge on any atom is 0.222 e. The Kier molecular flexibility index (Phi) is 2.85. The number of hydrogen-bond acceptors (Lipinski definition) is 5. The highest BCUT2D eigenvalue weighted by Gasteiger charge is 2.40. The van der Waals surface area contributed by atoms with E-state index in [0.717, 1.165) is 56.3 Å². The number of aromatic nitrogens is 2. The fourth-order valence-electron chi connectivity index (χ4n) is 4.25. The number of benzene rings is 1. The normalized spacial score (nSPS) is 25.1. The van der Waals surface area contributed by atoms with Crippen LogP contribution in [-0.2, 0) is 12.8 Å². The number of nitrogen functional groups attached to an aromatic ring is 1. The Morgan fingerprint density at radius 1 is 1.13 bits per heavy atom. The first-order valence-corrected chi connectivity index (χ1v) is 8.52. The molecule has 5 rings (SSSR count). The van der Waals surface area contributed by atoms with Gasteiger partial charge in [-0.25, -0.2) is 4.98 Å². The molecule has 1 aromatic carbocycles. The minimum atomic E-state index is 0.391. The van der Waals surface area contributed by atoms with Crippen LogP contribution in [-0.4, -0.2) is 35.6 Å². The summed E-state index contributed by atoms with van der Waals surface area (Å²) in [7, 11) is 0. The Morgan fingerprint density at radius 3 is 2.83 bits per heavy atom. The van der Waals surface area contributed by atoms with Crippen LogP contribution in [0.1, 0.15) is 17.5 Å². The van der Waals surface area contributed by atoms with Crippen molar-refractivity contribution in [3.63, 3.8) is 0 Å². The van der Waals surface area contributed by atoms with E-state index in [1.54, 1.807) is 0 Å². The number of anilines is 2. The van der Waals surface area contributed by atoms with E-state index in [9.17, 15) is 0 Å². The molecule has 0 spiro atoms. The number of fused-ring (bicyclic) bond motifs is 4. The third-order valence-corrected chi connectivity index (χ3v) is 5.53. The lowest BCUT2D eigenvalue weighted by Gasteiger charge is -2.29. The van der Waals surface area contributed by atoms with Gasteiger partial charge in [0.05, 0.1) is 5.69 Å². The van der Waals surface area contributed by atoms with Crippen molar-refractivity contribution in [3.8, 4) is 11.3 Å². The van der Waals surface area contributed by atoms with Gasteiger partial charge in [-0.2, -0.15) is 4.98 Å². The van der Waals surface area contributed by atoms with E-state index < -0.39 is 0 Å². The number of rotatable bonds is 1. The zero-order valence-electron chi connectivity index (χ0n) is 13.1. The number of nitrogens with one attached hydrogen (secondary N) is 1. The molecule has 3 heterocycles. The molecule has 2 aromatic rings. The molecule has 0 saturated carbocycles. The van der Waals surface area contributed by atoms with Crippen molar-refractivity contribution in [2.75, 3.05) is 30.3 Å². The topological polar surface area (TPSA) is 67.1 Å². The van der Waals surface area contributed by atoms with Gasteiger partial charge in [-0.05, 0) is 24.8 Å². The van der Waals surface area contributed by atoms with Crippen molar-refractivity contribution in [3.05, 3.63) is 35.4 Å². The van der Waals surface area contributed by atoms with Gasteiger partial charge in [-0.1, -0.05) is 24.3 Å². The minimum absolute atomic E-state index is 0.391. The summed E-state index contributed by atoms with van der Waals surface area (Å²) in [4.78, 5) is 11.7. The number of nitrogens with two attached hydrogens (primary N) is 1. The molecule has 0 amide bonds. The number of aryl methyl sites for hydroxylation is 1. The molecule has 2 aliphatic heterocycles. The second-order valence-electron chi connectivity index (χ2n) is 6.92. The van der Waals surface area contributed by atoms with Gasteiger partial charge in [0.2, 0.25) is 5.95 Å². The van der Waals surface area contributed by atoms with Crippen LogP contribution in [0.4, 0.5) is 11.8 Å². The highest BCUT2D eigenvalue weighted by atomic mass is 15.3. The van der Waals surface area contributed by atoms with Crippen molar-refractivity contribution in [1.29, 1.82) is 0 Å². The standard InChI is InChI=1S/C18H21N5/c19-18-21-16-13-6-2-1-4-11(13)5-3-7-14(16)17(22-18)23-9-12-8-20-15(12)10-23/h1-2,4,6,12,15,20H,3,5,7-10H2,(H2,19,21,22)/t12-,15+/m0/s1. The van der Waals surface area contributed by atoms with Crippen LogP contribution in [0.5, 0.6) is 0 Å². The molecule has 3 aliphatic rings. The first-order chi connectivity index (χ1) is 11.3. The highest BCUT2D eigenvalue weighted by Crippen LogP contribution is 2.38. The summed E-state index contributed by atoms with van der Waals surface area (Å²) in [6, 6.07) is 9.21. The molecule has 2 fully saturated rings. The van der Waals surface area contributed by atoms with Gasteiger partial charge in [0.15, 0.2) is 0 Å². The van der Waals surface area contributed by atoms with Crippen LogP contribution in [0.3, 0.4) is 0 Å². The van der Waals surface area contributed by atoms with Crippen molar-refractivity contribution in [2.24, 2.45) is 5.92 Å². The van der Waals surface area contributed by atoms with Crippen LogP contribution < -0.4 is 16.0 Å². The van der Waals surface area contributed by atoms with E-state index in [2.05, 4.69) is 44.5 Å². The van der Waals surface area contributed by atoms with Gasteiger partial charge >= 0.3 is 0 Å². The molecule has 23 heavy (non-hydrogen) atoms. The monoisotopic (exact) mass is 307 g/mol. The third-order valence-electron chi connectivity index (χ3n) is 5.53. The van der Waals surface area contributed by atoms with E-state index >= 15 is 0 Å². The molecule has 2 atom stereocenters. The van der Waals surface area contributed by atoms with Crippen LogP contribution in [0, 0.1) is 5.92 Å². The van der Waals surface area contributed by atoms with E-state index in [0.29, 0.717) is 12.0 Å². The Bertz CT molecular complexity index is 760. The summed E-state index contributed by atoms with van der Waals surface area (Å²) < 4.78 is 0. The Hall–Kier alpha value is -2.14. The molecule has 5 heteroatoms. The summed E-state index contributed by atoms with van der Waals surface area (Å²) in [6.45, 7) is 3.25. The third kappa shape index (κ3) is 2.03. The number of nitrogens with zero attached hydrogens (tertiary/aromatic N) is 3. The summed E-state index contributed by atoms with van der Waals surface area (Å²) >= 11 is 0. The largest absolute Gasteiger partial charge is 0.368 e. The molecule has 118 valence electrons. The summed E-state index contributed by atoms with van der Waals surface area (Å²) in [6.07, 6.45) is 3.26. The maximum atomic E-state index is 6.08. The smallest absolute Gasteiger partial charge is 0.222 e. The molecule has 0 unspecified atom stereocenters. The molecule has 1 aromatic heterocycles. The van der Waals surface area contributed by atoms with E-state index in [1.165, 1.54) is 16.7 Å². The lowest BCUT2D eigenvalue weighted by Crippen LogP contribution is -2.51. The van der Waals surface area contributed by atoms with Gasteiger partial charge in [0.1, 0.15) is 5.82 Å². The van der Waals surface area contributed by atoms with E-state index in [1.807, 2.05) is 0 Å². The lowest BCUT2D eigenvalue weighted by molar-refractivity contribution is 0.297. The van der Waals surface area contributed by atoms with Gasteiger partial charge in [-0.15, -0.1) is 0 Å². The van der Waals surface area contributed by atoms with Crippen molar-refractivity contribution in [2.45, 2.75) is 25.3 Å². The minimum Gasteiger partial charge on any atom is -0.368 e. The van der Waals surface area contributed by atoms with E-state index in [4.69, 9.17) is 5.73 Å². The summed E-state index contributed by atoms with van der Waals surface area (Å²) in [5, 5.41) is 3.51. The SMILES string of the molecule is Nc1nc2c(c(N3C[C@@H]4CN[C@@H]4C3)n1)CCCc1ccccc1-2. The summed E-state index contributed by atoms with van der Waals surface area (Å²) in [5.74, 6) is 2.22. The fraction of sp³-hybridized carbons (Fsp3) is 0.444. The van der Waals surface area contributed by atoms with Gasteiger partial charge in [-0.3, -0.25) is 0 Å². The Balaban J connectivity index is 1.66. The average molecular weight is 307 g/mol. The second-order valence-corrected chi connectivity index (χ2v) is 6.92. The highest BCUT2D eigenvalue weighted by molar-refractivity contribution is 5.74. The molecule has 5 nitrogen and oxygen atoms in total. The maximum absolute atomic E-state index is 6.08. The van der Waals surface area contributed by atoms with Gasteiger partial charge < -0.3 is 16.0 Å². The lowest BCUT2D eigenvalue weighted by atomic mass is 9.96. The fourth-order valence-corrected chi connectivity index (χ4v) is 4.25. The number of hydrogen-bond donors (Lipinski definition) is 2. The molecule has 2 saturated heterocycles. The molecule has 0 bridgehead atoms. The van der Waals surface area contributed by atoms with Crippen molar-refractivity contribution < 1.29 is 0 Å². The molecule has 3 N–H and O–H groups in total. The van der Waals surface area contributed by atoms with Crippen LogP contribution in [0.2, 0.25) is 0 Å². The Morgan fingerprint density at radius 2 is 2.04 bits per heavy atom. The van der Waals surface area contributed by atoms with Crippen LogP contribution >= 0.6 is 0 Å². The summed E-state index contributed by atoms with van der Waals surface area (Å²) in [5.41, 5.74) is 11.0. The van der Waals surface area contributed by atoms with Crippen LogP contribution in [0.15, 0.2) is 24.3 Å². The van der Waals surface area contributed by atoms with Crippen molar-refractivity contribution in [1.82, 2.24) is 15.3 Å². The molecular formula is C18H21N5. The molecule has 0 radical (unpaired) electrons. The predicted molar refractivity (Wildman–Crippen MR) is 91.4 cm³/mol. The Labute approximate surface area is 135 Å². The second kappa shape index (κ2) is 4.93. The van der Waals surface area contributed by atoms with Crippen LogP contribution in [0.25, 0.3) is 11.3 Å². The zero-order valence-corrected chi connectivity index (χ0v) is 13.1. The average Bonchev–Trinajstić information content (AvgIpc) is 2.73. The van der Waals surface area contributed by atoms with Crippen molar-refractivity contribution >= 4 is 11.8 Å². The quantitative estimate of drug-likeness (QED) is 0.838. The molecule has 1 aliphatic carbocycles. The first kappa shape index (κ1) is 13.3. The predicted octanol–water partition coefficient (Wildman–Crippen LogP) is 1.62. The van der Waals surface area contributed by atoms with Gasteiger partial charge in [0.25, 0.3) is 0 Å². The van der Waals surface area contributed by atoms with E-state index in [-0.39, 0.29) is 0 Å². The van der Waals surface area contributed by atoms with Gasteiger partial charge in [0, 0.05) is 42.7 Å². The molecular weight excluding hydrogens is 286 g/mol. The first-order valence-electron chi connectivity index (χ1n) is 8.52.